The number of hydrogen-bond acceptors (Lipinski definition) is 2. The van der Waals surface area contributed by atoms with E-state index in [1.54, 1.807) is 0 Å². The molecule has 2 nitrogen and oxygen atoms in total. The van der Waals surface area contributed by atoms with Gasteiger partial charge in [-0.15, -0.1) is 0 Å². The van der Waals surface area contributed by atoms with E-state index in [4.69, 9.17) is 9.47 Å². The van der Waals surface area contributed by atoms with E-state index in [0.717, 1.165) is 11.8 Å². The lowest BCUT2D eigenvalue weighted by Gasteiger charge is -2.19. The first-order valence-electron chi connectivity index (χ1n) is 7.30. The molecule has 0 heterocycles. The van der Waals surface area contributed by atoms with Crippen molar-refractivity contribution in [2.75, 3.05) is 26.5 Å². The number of fused-ring (bicyclic) bond motifs is 1. The topological polar surface area (TPSA) is 18.5 Å². The molecule has 2 aliphatic rings. The van der Waals surface area contributed by atoms with Crippen LogP contribution in [0.1, 0.15) is 38.5 Å². The largest absolute Gasteiger partial charge is 0.376 e. The highest BCUT2D eigenvalue weighted by atomic mass is 18.2. The van der Waals surface area contributed by atoms with E-state index in [-0.39, 0.29) is 6.61 Å². The van der Waals surface area contributed by atoms with Crippen molar-refractivity contribution in [3.63, 3.8) is 0 Å². The Balaban J connectivity index is 1.64. The first-order chi connectivity index (χ1) is 8.90. The first-order valence-corrected chi connectivity index (χ1v) is 7.30. The smallest absolute Gasteiger partial charge is 0.113 e. The van der Waals surface area contributed by atoms with E-state index < -0.39 is 6.67 Å². The molecule has 2 unspecified atom stereocenters. The van der Waals surface area contributed by atoms with E-state index in [9.17, 15) is 4.39 Å². The molecule has 1 fully saturated rings. The Morgan fingerprint density at radius 2 is 1.61 bits per heavy atom. The van der Waals surface area contributed by atoms with Crippen LogP contribution in [0.15, 0.2) is 12.2 Å². The van der Waals surface area contributed by atoms with Crippen molar-refractivity contribution in [3.8, 4) is 0 Å². The minimum Gasteiger partial charge on any atom is -0.376 e. The molecule has 0 radical (unpaired) electrons. The van der Waals surface area contributed by atoms with Crippen molar-refractivity contribution >= 4 is 0 Å². The van der Waals surface area contributed by atoms with Gasteiger partial charge in [-0.1, -0.05) is 12.2 Å². The van der Waals surface area contributed by atoms with Crippen molar-refractivity contribution in [2.24, 2.45) is 11.8 Å². The average Bonchev–Trinajstić information content (AvgIpc) is 2.71. The third kappa shape index (κ3) is 4.36. The van der Waals surface area contributed by atoms with Gasteiger partial charge in [0.15, 0.2) is 0 Å². The van der Waals surface area contributed by atoms with Crippen LogP contribution in [0.4, 0.5) is 4.39 Å². The second-order valence-electron chi connectivity index (χ2n) is 5.41. The molecule has 3 atom stereocenters. The third-order valence-corrected chi connectivity index (χ3v) is 4.18. The molecule has 1 saturated carbocycles. The van der Waals surface area contributed by atoms with Gasteiger partial charge in [-0.3, -0.25) is 0 Å². The molecular weight excluding hydrogens is 230 g/mol. The zero-order valence-corrected chi connectivity index (χ0v) is 11.2. The number of rotatable bonds is 6. The summed E-state index contributed by atoms with van der Waals surface area (Å²) in [5.41, 5.74) is 0. The van der Waals surface area contributed by atoms with Gasteiger partial charge in [0, 0.05) is 0 Å². The maximum absolute atomic E-state index is 11.8. The van der Waals surface area contributed by atoms with Crippen LogP contribution in [0.25, 0.3) is 0 Å². The molecular formula is C15H25FO2. The summed E-state index contributed by atoms with van der Waals surface area (Å²) in [7, 11) is 0. The maximum atomic E-state index is 11.8. The average molecular weight is 255 g/mol. The van der Waals surface area contributed by atoms with Gasteiger partial charge in [-0.2, -0.15) is 0 Å². The summed E-state index contributed by atoms with van der Waals surface area (Å²) in [5.74, 6) is 1.71. The maximum Gasteiger partial charge on any atom is 0.113 e. The Labute approximate surface area is 110 Å². The van der Waals surface area contributed by atoms with Crippen LogP contribution >= 0.6 is 0 Å². The molecule has 0 aliphatic heterocycles. The predicted molar refractivity (Wildman–Crippen MR) is 70.4 cm³/mol. The molecule has 0 aromatic heterocycles. The highest BCUT2D eigenvalue weighted by molar-refractivity contribution is 4.92. The highest BCUT2D eigenvalue weighted by Gasteiger charge is 2.33. The Morgan fingerprint density at radius 1 is 0.944 bits per heavy atom. The van der Waals surface area contributed by atoms with Crippen molar-refractivity contribution in [1.82, 2.24) is 0 Å². The quantitative estimate of drug-likeness (QED) is 0.534. The van der Waals surface area contributed by atoms with Crippen LogP contribution < -0.4 is 0 Å². The summed E-state index contributed by atoms with van der Waals surface area (Å²) in [5, 5.41) is 0. The van der Waals surface area contributed by atoms with Crippen LogP contribution in [-0.4, -0.2) is 32.6 Å². The lowest BCUT2D eigenvalue weighted by atomic mass is 9.86. The van der Waals surface area contributed by atoms with E-state index in [1.807, 2.05) is 0 Å². The van der Waals surface area contributed by atoms with Crippen LogP contribution in [-0.2, 0) is 9.47 Å². The molecule has 0 amide bonds. The Morgan fingerprint density at radius 3 is 2.22 bits per heavy atom. The Bertz CT molecular complexity index is 237. The molecule has 0 bridgehead atoms. The van der Waals surface area contributed by atoms with Crippen LogP contribution in [0.2, 0.25) is 0 Å². The van der Waals surface area contributed by atoms with E-state index in [2.05, 4.69) is 12.2 Å². The van der Waals surface area contributed by atoms with Gasteiger partial charge in [0.05, 0.1) is 25.9 Å². The molecule has 0 N–H and O–H groups in total. The van der Waals surface area contributed by atoms with Gasteiger partial charge in [0.25, 0.3) is 0 Å². The standard InChI is InChI=1S/C15H25FO2/c16-7-8-17-9-10-18-15-11-13-5-3-1-2-4-6-14(13)12-15/h1-2,13-15H,3-12H2/b2-1+/t13-,14?,15?/m1/s1/i16-1. The van der Waals surface area contributed by atoms with E-state index in [1.165, 1.54) is 38.5 Å². The van der Waals surface area contributed by atoms with Crippen molar-refractivity contribution in [2.45, 2.75) is 44.6 Å². The summed E-state index contributed by atoms with van der Waals surface area (Å²) < 4.78 is 22.8. The van der Waals surface area contributed by atoms with E-state index in [0.29, 0.717) is 19.3 Å². The number of ether oxygens (including phenoxy) is 2. The van der Waals surface area contributed by atoms with Gasteiger partial charge in [0.1, 0.15) is 6.67 Å². The number of allylic oxidation sites excluding steroid dienone is 2. The van der Waals surface area contributed by atoms with E-state index >= 15 is 0 Å². The molecule has 2 rings (SSSR count). The van der Waals surface area contributed by atoms with Gasteiger partial charge in [-0.05, 0) is 50.4 Å². The predicted octanol–water partition coefficient (Wildman–Crippen LogP) is 3.51. The molecule has 0 aromatic rings. The van der Waals surface area contributed by atoms with Crippen LogP contribution in [0.5, 0.6) is 0 Å². The Kier molecular flexibility index (Phi) is 6.15. The summed E-state index contributed by atoms with van der Waals surface area (Å²) in [6.45, 7) is 0.936. The molecule has 0 aromatic carbocycles. The normalized spacial score (nSPS) is 33.7. The molecule has 3 heteroatoms. The molecule has 104 valence electrons. The lowest BCUT2D eigenvalue weighted by molar-refractivity contribution is 0.00287. The lowest BCUT2D eigenvalue weighted by Crippen LogP contribution is -2.14. The van der Waals surface area contributed by atoms with Gasteiger partial charge in [0.2, 0.25) is 0 Å². The Hall–Kier alpha value is -0.410. The number of hydrogen-bond donors (Lipinski definition) is 0. The number of halogens is 1. The van der Waals surface area contributed by atoms with Gasteiger partial charge >= 0.3 is 0 Å². The van der Waals surface area contributed by atoms with Crippen molar-refractivity contribution < 1.29 is 13.9 Å². The second-order valence-corrected chi connectivity index (χ2v) is 5.41. The summed E-state index contributed by atoms with van der Waals surface area (Å²) >= 11 is 0. The van der Waals surface area contributed by atoms with Gasteiger partial charge < -0.3 is 9.47 Å². The van der Waals surface area contributed by atoms with Crippen molar-refractivity contribution in [1.29, 1.82) is 0 Å². The fraction of sp³-hybridized carbons (Fsp3) is 0.867. The fourth-order valence-electron chi connectivity index (χ4n) is 3.29. The second kappa shape index (κ2) is 7.90. The van der Waals surface area contributed by atoms with Crippen molar-refractivity contribution in [3.05, 3.63) is 12.2 Å². The first kappa shape index (κ1) is 14.0. The monoisotopic (exact) mass is 255 g/mol. The molecule has 18 heavy (non-hydrogen) atoms. The SMILES string of the molecule is [18F]CCOCCOC1CC2CC/C=C/CC[C@@H]2C1. The summed E-state index contributed by atoms with van der Waals surface area (Å²) in [4.78, 5) is 0. The minimum absolute atomic E-state index is 0.199. The summed E-state index contributed by atoms with van der Waals surface area (Å²) in [6.07, 6.45) is 12.6. The number of alkyl halides is 1. The van der Waals surface area contributed by atoms with Crippen LogP contribution in [0, 0.1) is 11.8 Å². The zero-order chi connectivity index (χ0) is 12.6. The molecule has 2 aliphatic carbocycles. The van der Waals surface area contributed by atoms with Crippen LogP contribution in [0.3, 0.4) is 0 Å². The molecule has 0 spiro atoms. The highest BCUT2D eigenvalue weighted by Crippen LogP contribution is 2.40. The minimum atomic E-state index is -0.402. The summed E-state index contributed by atoms with van der Waals surface area (Å²) in [6, 6.07) is 0. The fourth-order valence-corrected chi connectivity index (χ4v) is 3.29. The molecule has 0 saturated heterocycles. The zero-order valence-electron chi connectivity index (χ0n) is 11.2. The van der Waals surface area contributed by atoms with Gasteiger partial charge in [-0.25, -0.2) is 4.39 Å². The third-order valence-electron chi connectivity index (χ3n) is 4.18.